The summed E-state index contributed by atoms with van der Waals surface area (Å²) in [4.78, 5) is 0. The van der Waals surface area contributed by atoms with E-state index < -0.39 is 7.91 Å². The lowest BCUT2D eigenvalue weighted by atomic mass is 10.7. The van der Waals surface area contributed by atoms with Gasteiger partial charge in [0.15, 0.2) is 0 Å². The van der Waals surface area contributed by atoms with Crippen LogP contribution in [0, 0.1) is 0 Å². The first kappa shape index (κ1) is 18.9. The molecule has 0 unspecified atom stereocenters. The largest absolute Gasteiger partial charge is 0.513 e. The molecule has 0 aromatic heterocycles. The molecule has 0 aliphatic rings. The van der Waals surface area contributed by atoms with E-state index >= 15 is 0 Å². The molecule has 116 valence electrons. The van der Waals surface area contributed by atoms with Gasteiger partial charge in [-0.3, -0.25) is 9.05 Å². The molecule has 0 aromatic rings. The Labute approximate surface area is 112 Å². The predicted octanol–water partition coefficient (Wildman–Crippen LogP) is 1.42. The molecule has 0 fully saturated rings. The molecule has 0 atom stereocenters. The lowest BCUT2D eigenvalue weighted by Crippen LogP contribution is -2.09. The van der Waals surface area contributed by atoms with E-state index in [4.69, 9.17) is 18.9 Å². The Hall–Kier alpha value is -0.0800. The Morgan fingerprint density at radius 3 is 1.47 bits per heavy atom. The van der Waals surface area contributed by atoms with Crippen LogP contribution in [0.25, 0.3) is 0 Å². The van der Waals surface area contributed by atoms with Gasteiger partial charge in [0, 0.05) is 14.2 Å². The van der Waals surface area contributed by atoms with Crippen molar-refractivity contribution in [1.29, 1.82) is 0 Å². The third-order valence-electron chi connectivity index (χ3n) is 1.81. The fraction of sp³-hybridized carbons (Fsp3) is 1.00. The molecule has 0 amide bonds. The third kappa shape index (κ3) is 14.1. The summed E-state index contributed by atoms with van der Waals surface area (Å²) in [5, 5.41) is 0. The van der Waals surface area contributed by atoms with Gasteiger partial charge < -0.3 is 18.9 Å². The van der Waals surface area contributed by atoms with E-state index in [0.717, 1.165) is 0 Å². The molecule has 0 radical (unpaired) electrons. The quantitative estimate of drug-likeness (QED) is 0.355. The summed E-state index contributed by atoms with van der Waals surface area (Å²) in [5.41, 5.74) is 0. The Morgan fingerprint density at radius 1 is 0.737 bits per heavy atom. The average Bonchev–Trinajstić information content (AvgIpc) is 2.38. The van der Waals surface area contributed by atoms with Crippen LogP contribution in [-0.4, -0.2) is 67.1 Å². The van der Waals surface area contributed by atoms with Gasteiger partial charge in [0.1, 0.15) is 0 Å². The van der Waals surface area contributed by atoms with Crippen LogP contribution in [0.1, 0.15) is 0 Å². The molecule has 0 aliphatic carbocycles. The summed E-state index contributed by atoms with van der Waals surface area (Å²) < 4.78 is 52.7. The highest BCUT2D eigenvalue weighted by atomic mass is 31.2. The molecule has 0 saturated heterocycles. The standard InChI is InChI=1S/C10H22FO7P/c1-13-3-5-15-7-9-17-19(11,12)18-10-8-16-6-4-14-2/h3-10H2,1-2H3. The zero-order chi connectivity index (χ0) is 14.4. The van der Waals surface area contributed by atoms with Crippen LogP contribution in [0.3, 0.4) is 0 Å². The second-order valence-corrected chi connectivity index (χ2v) is 4.69. The van der Waals surface area contributed by atoms with Crippen molar-refractivity contribution in [2.24, 2.45) is 0 Å². The molecule has 0 heterocycles. The zero-order valence-electron chi connectivity index (χ0n) is 11.3. The molecular formula is C10H22FO7P. The van der Waals surface area contributed by atoms with E-state index in [2.05, 4.69) is 9.05 Å². The first-order chi connectivity index (χ1) is 9.12. The maximum absolute atomic E-state index is 13.2. The minimum atomic E-state index is -4.53. The van der Waals surface area contributed by atoms with Gasteiger partial charge in [0.05, 0.1) is 52.9 Å². The van der Waals surface area contributed by atoms with Gasteiger partial charge in [0.25, 0.3) is 0 Å². The van der Waals surface area contributed by atoms with Crippen molar-refractivity contribution in [2.45, 2.75) is 0 Å². The number of hydrogen-bond acceptors (Lipinski definition) is 7. The monoisotopic (exact) mass is 304 g/mol. The van der Waals surface area contributed by atoms with Crippen LogP contribution in [-0.2, 0) is 32.6 Å². The third-order valence-corrected chi connectivity index (χ3v) is 2.79. The molecule has 0 N–H and O–H groups in total. The molecule has 0 rings (SSSR count). The van der Waals surface area contributed by atoms with Crippen molar-refractivity contribution in [2.75, 3.05) is 67.1 Å². The zero-order valence-corrected chi connectivity index (χ0v) is 12.2. The second kappa shape index (κ2) is 12.9. The van der Waals surface area contributed by atoms with Crippen molar-refractivity contribution in [3.8, 4) is 0 Å². The van der Waals surface area contributed by atoms with E-state index in [9.17, 15) is 8.76 Å². The summed E-state index contributed by atoms with van der Waals surface area (Å²) in [5.74, 6) is 0. The van der Waals surface area contributed by atoms with Gasteiger partial charge in [0.2, 0.25) is 0 Å². The Balaban J connectivity index is 3.39. The molecular weight excluding hydrogens is 282 g/mol. The van der Waals surface area contributed by atoms with Gasteiger partial charge >= 0.3 is 7.91 Å². The molecule has 9 heteroatoms. The van der Waals surface area contributed by atoms with Crippen molar-refractivity contribution in [1.82, 2.24) is 0 Å². The van der Waals surface area contributed by atoms with Crippen LogP contribution in [0.5, 0.6) is 0 Å². The molecule has 0 spiro atoms. The SMILES string of the molecule is COCCOCCOP(=O)(F)OCCOCCOC. The maximum Gasteiger partial charge on any atom is 0.513 e. The number of methoxy groups -OCH3 is 2. The highest BCUT2D eigenvalue weighted by Gasteiger charge is 2.23. The maximum atomic E-state index is 13.2. The van der Waals surface area contributed by atoms with Crippen LogP contribution >= 0.6 is 7.91 Å². The first-order valence-electron chi connectivity index (χ1n) is 5.84. The van der Waals surface area contributed by atoms with Crippen LogP contribution < -0.4 is 0 Å². The highest BCUT2D eigenvalue weighted by molar-refractivity contribution is 7.48. The first-order valence-corrected chi connectivity index (χ1v) is 7.28. The van der Waals surface area contributed by atoms with E-state index in [1.165, 1.54) is 14.2 Å². The van der Waals surface area contributed by atoms with Crippen molar-refractivity contribution in [3.05, 3.63) is 0 Å². The summed E-state index contributed by atoms with van der Waals surface area (Å²) in [6.07, 6.45) is 0. The van der Waals surface area contributed by atoms with Crippen molar-refractivity contribution in [3.63, 3.8) is 0 Å². The molecule has 0 saturated carbocycles. The number of hydrogen-bond donors (Lipinski definition) is 0. The summed E-state index contributed by atoms with van der Waals surface area (Å²) >= 11 is 0. The minimum Gasteiger partial charge on any atom is -0.382 e. The summed E-state index contributed by atoms with van der Waals surface area (Å²) in [6.45, 7) is 1.53. The van der Waals surface area contributed by atoms with Gasteiger partial charge in [-0.15, -0.1) is 4.20 Å². The van der Waals surface area contributed by atoms with Gasteiger partial charge in [-0.2, -0.15) is 0 Å². The molecule has 0 bridgehead atoms. The number of halogens is 1. The van der Waals surface area contributed by atoms with E-state index in [-0.39, 0.29) is 26.4 Å². The van der Waals surface area contributed by atoms with Crippen molar-refractivity contribution < 1.29 is 36.8 Å². The average molecular weight is 304 g/mol. The molecule has 19 heavy (non-hydrogen) atoms. The molecule has 0 aliphatic heterocycles. The van der Waals surface area contributed by atoms with Gasteiger partial charge in [-0.1, -0.05) is 0 Å². The topological polar surface area (TPSA) is 72.5 Å². The van der Waals surface area contributed by atoms with Gasteiger partial charge in [-0.05, 0) is 0 Å². The summed E-state index contributed by atoms with van der Waals surface area (Å²) in [6, 6.07) is 0. The van der Waals surface area contributed by atoms with E-state index in [1.54, 1.807) is 0 Å². The number of rotatable bonds is 14. The van der Waals surface area contributed by atoms with E-state index in [1.807, 2.05) is 0 Å². The number of ether oxygens (including phenoxy) is 4. The summed E-state index contributed by atoms with van der Waals surface area (Å²) in [7, 11) is -1.45. The smallest absolute Gasteiger partial charge is 0.382 e. The lowest BCUT2D eigenvalue weighted by Gasteiger charge is -2.10. The second-order valence-electron chi connectivity index (χ2n) is 3.31. The Morgan fingerprint density at radius 2 is 1.11 bits per heavy atom. The fourth-order valence-corrected chi connectivity index (χ4v) is 1.60. The fourth-order valence-electron chi connectivity index (χ4n) is 0.936. The van der Waals surface area contributed by atoms with E-state index in [0.29, 0.717) is 26.4 Å². The van der Waals surface area contributed by atoms with Crippen molar-refractivity contribution >= 4 is 7.91 Å². The molecule has 0 aromatic carbocycles. The normalized spacial score (nSPS) is 11.9. The Bertz CT molecular complexity index is 222. The minimum absolute atomic E-state index is 0.116. The highest BCUT2D eigenvalue weighted by Crippen LogP contribution is 2.49. The van der Waals surface area contributed by atoms with Crippen LogP contribution in [0.15, 0.2) is 0 Å². The molecule has 7 nitrogen and oxygen atoms in total. The Kier molecular flexibility index (Phi) is 12.9. The van der Waals surface area contributed by atoms with Gasteiger partial charge in [-0.25, -0.2) is 4.57 Å². The van der Waals surface area contributed by atoms with Crippen LogP contribution in [0.4, 0.5) is 4.20 Å². The lowest BCUT2D eigenvalue weighted by molar-refractivity contribution is 0.0361. The predicted molar refractivity (Wildman–Crippen MR) is 66.0 cm³/mol. The van der Waals surface area contributed by atoms with Crippen LogP contribution in [0.2, 0.25) is 0 Å².